The Kier molecular flexibility index (Phi) is 1.58. The number of hydrogen-bond donors (Lipinski definition) is 0. The molecular formula is C4H5N2O2. The number of aromatic nitrogens is 2. The van der Waals surface area contributed by atoms with Crippen LogP contribution in [0.3, 0.4) is 0 Å². The zero-order chi connectivity index (χ0) is 5.82. The Labute approximate surface area is 46.5 Å². The molecule has 4 nitrogen and oxygen atoms in total. The largest absolute Gasteiger partial charge is 0.425 e. The molecule has 0 bridgehead atoms. The van der Waals surface area contributed by atoms with Gasteiger partial charge in [0.25, 0.3) is 0 Å². The van der Waals surface area contributed by atoms with Crippen molar-refractivity contribution in [2.75, 3.05) is 0 Å². The van der Waals surface area contributed by atoms with Crippen molar-refractivity contribution in [1.82, 2.24) is 10.2 Å². The van der Waals surface area contributed by atoms with Crippen molar-refractivity contribution in [1.29, 1.82) is 0 Å². The van der Waals surface area contributed by atoms with Gasteiger partial charge in [-0.3, -0.25) is 0 Å². The minimum Gasteiger partial charge on any atom is -0.425 e. The Morgan fingerprint density at radius 2 is 2.75 bits per heavy atom. The van der Waals surface area contributed by atoms with Gasteiger partial charge in [-0.15, -0.1) is 10.2 Å². The SMILES string of the molecule is [CH2]OCc1nnco1. The average molecular weight is 113 g/mol. The van der Waals surface area contributed by atoms with E-state index in [-0.39, 0.29) is 6.61 Å². The Balaban J connectivity index is 2.50. The van der Waals surface area contributed by atoms with Gasteiger partial charge in [0.1, 0.15) is 6.61 Å². The summed E-state index contributed by atoms with van der Waals surface area (Å²) in [6.07, 6.45) is 1.24. The van der Waals surface area contributed by atoms with Crippen LogP contribution in [0.5, 0.6) is 0 Å². The second-order valence-electron chi connectivity index (χ2n) is 1.18. The van der Waals surface area contributed by atoms with Crippen LogP contribution in [0.4, 0.5) is 0 Å². The summed E-state index contributed by atoms with van der Waals surface area (Å²) in [5.41, 5.74) is 0. The van der Waals surface area contributed by atoms with Crippen LogP contribution in [0.25, 0.3) is 0 Å². The Morgan fingerprint density at radius 1 is 1.88 bits per heavy atom. The first-order valence-corrected chi connectivity index (χ1v) is 2.05. The summed E-state index contributed by atoms with van der Waals surface area (Å²) in [5, 5.41) is 6.94. The van der Waals surface area contributed by atoms with E-state index in [0.29, 0.717) is 5.89 Å². The molecule has 0 saturated carbocycles. The maximum Gasteiger partial charge on any atom is 0.241 e. The molecule has 0 aliphatic rings. The molecule has 1 rings (SSSR count). The quantitative estimate of drug-likeness (QED) is 0.556. The molecule has 43 valence electrons. The fraction of sp³-hybridized carbons (Fsp3) is 0.250. The summed E-state index contributed by atoms with van der Waals surface area (Å²) in [4.78, 5) is 0. The number of ether oxygens (including phenoxy) is 1. The number of rotatable bonds is 2. The third kappa shape index (κ3) is 1.04. The van der Waals surface area contributed by atoms with E-state index in [2.05, 4.69) is 26.5 Å². The standard InChI is InChI=1S/C4H5N2O2/c1-7-2-4-6-5-3-8-4/h3H,1-2H2. The fourth-order valence-electron chi connectivity index (χ4n) is 0.346. The van der Waals surface area contributed by atoms with Gasteiger partial charge in [0, 0.05) is 0 Å². The predicted molar refractivity (Wildman–Crippen MR) is 24.4 cm³/mol. The van der Waals surface area contributed by atoms with E-state index < -0.39 is 0 Å². The van der Waals surface area contributed by atoms with Crippen LogP contribution in [-0.4, -0.2) is 10.2 Å². The summed E-state index contributed by atoms with van der Waals surface area (Å²) in [6.45, 7) is 0.278. The molecule has 0 aromatic carbocycles. The van der Waals surface area contributed by atoms with Crippen molar-refractivity contribution in [2.45, 2.75) is 6.61 Å². The first-order valence-electron chi connectivity index (χ1n) is 2.05. The molecule has 0 fully saturated rings. The Bertz CT molecular complexity index is 138. The van der Waals surface area contributed by atoms with Gasteiger partial charge in [-0.2, -0.15) is 0 Å². The summed E-state index contributed by atoms with van der Waals surface area (Å²) >= 11 is 0. The first kappa shape index (κ1) is 5.24. The normalized spacial score (nSPS) is 9.62. The number of hydrogen-bond acceptors (Lipinski definition) is 4. The third-order valence-corrected chi connectivity index (χ3v) is 0.631. The molecule has 1 heterocycles. The minimum atomic E-state index is 0.278. The lowest BCUT2D eigenvalue weighted by atomic mass is 10.7. The van der Waals surface area contributed by atoms with E-state index in [9.17, 15) is 0 Å². The molecule has 0 unspecified atom stereocenters. The third-order valence-electron chi connectivity index (χ3n) is 0.631. The lowest BCUT2D eigenvalue weighted by Gasteiger charge is -1.85. The van der Waals surface area contributed by atoms with E-state index in [1.807, 2.05) is 0 Å². The fourth-order valence-corrected chi connectivity index (χ4v) is 0.346. The van der Waals surface area contributed by atoms with Crippen LogP contribution in [-0.2, 0) is 11.3 Å². The van der Waals surface area contributed by atoms with Gasteiger partial charge < -0.3 is 9.15 Å². The van der Waals surface area contributed by atoms with Crippen molar-refractivity contribution < 1.29 is 9.15 Å². The molecule has 0 aliphatic heterocycles. The Morgan fingerprint density at radius 3 is 3.25 bits per heavy atom. The molecule has 0 atom stereocenters. The van der Waals surface area contributed by atoms with Crippen LogP contribution < -0.4 is 0 Å². The zero-order valence-corrected chi connectivity index (χ0v) is 4.20. The topological polar surface area (TPSA) is 48.2 Å². The molecule has 8 heavy (non-hydrogen) atoms. The molecule has 4 heteroatoms. The van der Waals surface area contributed by atoms with Gasteiger partial charge >= 0.3 is 0 Å². The smallest absolute Gasteiger partial charge is 0.241 e. The van der Waals surface area contributed by atoms with Crippen molar-refractivity contribution >= 4 is 0 Å². The molecular weight excluding hydrogens is 108 g/mol. The molecule has 0 N–H and O–H groups in total. The second-order valence-corrected chi connectivity index (χ2v) is 1.18. The number of nitrogens with zero attached hydrogens (tertiary/aromatic N) is 2. The van der Waals surface area contributed by atoms with E-state index in [0.717, 1.165) is 0 Å². The van der Waals surface area contributed by atoms with Crippen LogP contribution in [0.2, 0.25) is 0 Å². The minimum absolute atomic E-state index is 0.278. The highest BCUT2D eigenvalue weighted by Gasteiger charge is 1.92. The molecule has 1 aromatic heterocycles. The highest BCUT2D eigenvalue weighted by atomic mass is 16.5. The van der Waals surface area contributed by atoms with Crippen LogP contribution >= 0.6 is 0 Å². The summed E-state index contributed by atoms with van der Waals surface area (Å²) in [5.74, 6) is 0.444. The van der Waals surface area contributed by atoms with Gasteiger partial charge in [0.05, 0.1) is 7.11 Å². The van der Waals surface area contributed by atoms with E-state index in [1.54, 1.807) is 0 Å². The van der Waals surface area contributed by atoms with Gasteiger partial charge in [-0.05, 0) is 0 Å². The zero-order valence-electron chi connectivity index (χ0n) is 4.20. The van der Waals surface area contributed by atoms with Crippen molar-refractivity contribution in [3.63, 3.8) is 0 Å². The van der Waals surface area contributed by atoms with Crippen LogP contribution in [0.15, 0.2) is 10.8 Å². The van der Waals surface area contributed by atoms with Crippen LogP contribution in [0.1, 0.15) is 5.89 Å². The van der Waals surface area contributed by atoms with Crippen molar-refractivity contribution in [3.8, 4) is 0 Å². The Hall–Kier alpha value is -0.900. The van der Waals surface area contributed by atoms with Gasteiger partial charge in [-0.1, -0.05) is 0 Å². The van der Waals surface area contributed by atoms with Crippen molar-refractivity contribution in [3.05, 3.63) is 19.4 Å². The van der Waals surface area contributed by atoms with E-state index >= 15 is 0 Å². The van der Waals surface area contributed by atoms with E-state index in [4.69, 9.17) is 0 Å². The van der Waals surface area contributed by atoms with Crippen LogP contribution in [0, 0.1) is 7.11 Å². The van der Waals surface area contributed by atoms with E-state index in [1.165, 1.54) is 6.39 Å². The first-order chi connectivity index (χ1) is 3.93. The van der Waals surface area contributed by atoms with Gasteiger partial charge in [0.2, 0.25) is 12.3 Å². The monoisotopic (exact) mass is 113 g/mol. The molecule has 0 amide bonds. The highest BCUT2D eigenvalue weighted by Crippen LogP contribution is 1.91. The lowest BCUT2D eigenvalue weighted by molar-refractivity contribution is 0.197. The second kappa shape index (κ2) is 2.42. The molecule has 1 radical (unpaired) electrons. The van der Waals surface area contributed by atoms with Gasteiger partial charge in [0.15, 0.2) is 0 Å². The molecule has 1 aromatic rings. The summed E-state index contributed by atoms with van der Waals surface area (Å²) < 4.78 is 9.13. The summed E-state index contributed by atoms with van der Waals surface area (Å²) in [7, 11) is 3.13. The summed E-state index contributed by atoms with van der Waals surface area (Å²) in [6, 6.07) is 0. The molecule has 0 saturated heterocycles. The highest BCUT2D eigenvalue weighted by molar-refractivity contribution is 4.66. The van der Waals surface area contributed by atoms with Gasteiger partial charge in [-0.25, -0.2) is 0 Å². The maximum absolute atomic E-state index is 4.69. The maximum atomic E-state index is 4.69. The predicted octanol–water partition coefficient (Wildman–Crippen LogP) is 0.378. The van der Waals surface area contributed by atoms with Crippen molar-refractivity contribution in [2.24, 2.45) is 0 Å². The average Bonchev–Trinajstić information content (AvgIpc) is 2.19. The molecule has 0 aliphatic carbocycles. The lowest BCUT2D eigenvalue weighted by Crippen LogP contribution is -1.84. The molecule has 0 spiro atoms.